The summed E-state index contributed by atoms with van der Waals surface area (Å²) in [5.41, 5.74) is 3.78. The van der Waals surface area contributed by atoms with Gasteiger partial charge in [0.05, 0.1) is 0 Å². The molecule has 1 fully saturated rings. The molecule has 0 bridgehead atoms. The Morgan fingerprint density at radius 3 is 2.25 bits per heavy atom. The van der Waals surface area contributed by atoms with E-state index in [4.69, 9.17) is 0 Å². The number of nitrogens with one attached hydrogen (secondary N) is 2. The van der Waals surface area contributed by atoms with E-state index in [9.17, 15) is 4.91 Å². The molecule has 16 heavy (non-hydrogen) atoms. The first kappa shape index (κ1) is 10.9. The number of hydrogen-bond acceptors (Lipinski definition) is 3. The van der Waals surface area contributed by atoms with Crippen LogP contribution in [0.2, 0.25) is 0 Å². The molecular formula is C12H17N3O. The number of hydrogen-bond donors (Lipinski definition) is 2. The topological polar surface area (TPSA) is 53.5 Å². The Morgan fingerprint density at radius 2 is 1.62 bits per heavy atom. The van der Waals surface area contributed by atoms with E-state index < -0.39 is 0 Å². The molecule has 1 aliphatic rings. The molecule has 2 rings (SSSR count). The van der Waals surface area contributed by atoms with Crippen molar-refractivity contribution in [2.24, 2.45) is 5.29 Å². The van der Waals surface area contributed by atoms with Crippen LogP contribution in [0.4, 0.5) is 5.69 Å². The number of rotatable bonds is 4. The van der Waals surface area contributed by atoms with Gasteiger partial charge in [0.15, 0.2) is 0 Å². The van der Waals surface area contributed by atoms with Gasteiger partial charge >= 0.3 is 0 Å². The first-order valence-corrected chi connectivity index (χ1v) is 5.78. The summed E-state index contributed by atoms with van der Waals surface area (Å²) in [7, 11) is 0. The average molecular weight is 219 g/mol. The second-order valence-electron chi connectivity index (χ2n) is 4.28. The zero-order valence-corrected chi connectivity index (χ0v) is 9.23. The van der Waals surface area contributed by atoms with Crippen molar-refractivity contribution in [3.63, 3.8) is 0 Å². The van der Waals surface area contributed by atoms with Gasteiger partial charge in [-0.2, -0.15) is 0 Å². The molecule has 1 aliphatic carbocycles. The lowest BCUT2D eigenvalue weighted by atomic mass is 9.91. The van der Waals surface area contributed by atoms with Crippen molar-refractivity contribution in [1.29, 1.82) is 0 Å². The third kappa shape index (κ3) is 2.95. The number of nitroso groups, excluding NO2 is 1. The summed E-state index contributed by atoms with van der Waals surface area (Å²) in [6.07, 6.45) is 4.19. The Kier molecular flexibility index (Phi) is 3.75. The third-order valence-corrected chi connectivity index (χ3v) is 3.11. The maximum absolute atomic E-state index is 10.1. The van der Waals surface area contributed by atoms with E-state index in [1.54, 1.807) is 0 Å². The number of nitrogens with zero attached hydrogens (tertiary/aromatic N) is 1. The molecule has 4 heteroatoms. The Labute approximate surface area is 95.4 Å². The number of benzene rings is 1. The first-order valence-electron chi connectivity index (χ1n) is 5.78. The molecule has 86 valence electrons. The van der Waals surface area contributed by atoms with Crippen LogP contribution in [-0.2, 0) is 0 Å². The van der Waals surface area contributed by atoms with Crippen molar-refractivity contribution in [1.82, 2.24) is 5.43 Å². The first-order chi connectivity index (χ1) is 7.88. The summed E-state index contributed by atoms with van der Waals surface area (Å²) in [5.74, 6) is 0. The second kappa shape index (κ2) is 5.49. The summed E-state index contributed by atoms with van der Waals surface area (Å²) < 4.78 is 0. The highest BCUT2D eigenvalue weighted by Crippen LogP contribution is 2.22. The largest absolute Gasteiger partial charge is 0.382 e. The van der Waals surface area contributed by atoms with Crippen molar-refractivity contribution in [2.75, 3.05) is 5.32 Å². The van der Waals surface area contributed by atoms with Gasteiger partial charge in [-0.25, -0.2) is 0 Å². The fraction of sp³-hybridized carbons (Fsp3) is 0.500. The summed E-state index contributed by atoms with van der Waals surface area (Å²) in [4.78, 5) is 10.1. The van der Waals surface area contributed by atoms with Crippen molar-refractivity contribution in [2.45, 2.75) is 37.8 Å². The Hall–Kier alpha value is -1.58. The number of para-hydroxylation sites is 1. The molecule has 0 aliphatic heterocycles. The van der Waals surface area contributed by atoms with Gasteiger partial charge in [-0.1, -0.05) is 18.2 Å². The van der Waals surface area contributed by atoms with Crippen LogP contribution < -0.4 is 10.7 Å². The Morgan fingerprint density at radius 1 is 1.00 bits per heavy atom. The van der Waals surface area contributed by atoms with E-state index in [1.807, 2.05) is 18.2 Å². The van der Waals surface area contributed by atoms with Crippen molar-refractivity contribution >= 4 is 5.69 Å². The monoisotopic (exact) mass is 219 g/mol. The Bertz CT molecular complexity index is 320. The molecule has 0 unspecified atom stereocenters. The fourth-order valence-electron chi connectivity index (χ4n) is 2.21. The molecule has 0 radical (unpaired) electrons. The zero-order valence-electron chi connectivity index (χ0n) is 9.23. The summed E-state index contributed by atoms with van der Waals surface area (Å²) in [6, 6.07) is 11.0. The molecule has 0 spiro atoms. The molecule has 0 saturated heterocycles. The highest BCUT2D eigenvalue weighted by molar-refractivity contribution is 5.43. The maximum atomic E-state index is 10.1. The molecule has 1 saturated carbocycles. The van der Waals surface area contributed by atoms with Gasteiger partial charge < -0.3 is 5.32 Å². The summed E-state index contributed by atoms with van der Waals surface area (Å²) >= 11 is 0. The van der Waals surface area contributed by atoms with Crippen molar-refractivity contribution in [3.05, 3.63) is 35.2 Å². The minimum atomic E-state index is 0.270. The van der Waals surface area contributed by atoms with Crippen LogP contribution >= 0.6 is 0 Å². The fourth-order valence-corrected chi connectivity index (χ4v) is 2.21. The van der Waals surface area contributed by atoms with E-state index in [0.717, 1.165) is 25.7 Å². The van der Waals surface area contributed by atoms with Crippen LogP contribution in [0.3, 0.4) is 0 Å². The highest BCUT2D eigenvalue weighted by atomic mass is 16.3. The van der Waals surface area contributed by atoms with E-state index in [2.05, 4.69) is 28.2 Å². The zero-order chi connectivity index (χ0) is 11.2. The quantitative estimate of drug-likeness (QED) is 0.604. The molecular weight excluding hydrogens is 202 g/mol. The Balaban J connectivity index is 1.79. The third-order valence-electron chi connectivity index (χ3n) is 3.11. The predicted molar refractivity (Wildman–Crippen MR) is 65.0 cm³/mol. The second-order valence-corrected chi connectivity index (χ2v) is 4.28. The molecule has 1 aromatic rings. The standard InChI is InChI=1S/C12H17N3O/c16-15-14-12-8-6-11(7-9-12)13-10-4-2-1-3-5-10/h1-5,11-13H,6-9H2,(H,14,16). The van der Waals surface area contributed by atoms with Gasteiger partial charge in [0, 0.05) is 23.1 Å². The lowest BCUT2D eigenvalue weighted by Crippen LogP contribution is -2.34. The molecule has 0 atom stereocenters. The van der Waals surface area contributed by atoms with Crippen molar-refractivity contribution in [3.8, 4) is 0 Å². The minimum absolute atomic E-state index is 0.270. The molecule has 2 N–H and O–H groups in total. The average Bonchev–Trinajstić information content (AvgIpc) is 2.33. The minimum Gasteiger partial charge on any atom is -0.382 e. The molecule has 4 nitrogen and oxygen atoms in total. The van der Waals surface area contributed by atoms with Gasteiger partial charge in [-0.05, 0) is 37.8 Å². The van der Waals surface area contributed by atoms with Gasteiger partial charge in [-0.15, -0.1) is 4.91 Å². The van der Waals surface area contributed by atoms with Gasteiger partial charge in [0.25, 0.3) is 0 Å². The molecule has 0 amide bonds. The summed E-state index contributed by atoms with van der Waals surface area (Å²) in [6.45, 7) is 0. The highest BCUT2D eigenvalue weighted by Gasteiger charge is 2.20. The lowest BCUT2D eigenvalue weighted by molar-refractivity contribution is 0.358. The van der Waals surface area contributed by atoms with Crippen LogP contribution in [0.25, 0.3) is 0 Å². The maximum Gasteiger partial charge on any atom is 0.0499 e. The molecule has 0 heterocycles. The lowest BCUT2D eigenvalue weighted by Gasteiger charge is -2.28. The van der Waals surface area contributed by atoms with E-state index in [1.165, 1.54) is 5.69 Å². The van der Waals surface area contributed by atoms with E-state index in [0.29, 0.717) is 6.04 Å². The molecule has 1 aromatic carbocycles. The van der Waals surface area contributed by atoms with Crippen LogP contribution in [0.15, 0.2) is 35.6 Å². The van der Waals surface area contributed by atoms with Gasteiger partial charge in [0.1, 0.15) is 0 Å². The van der Waals surface area contributed by atoms with E-state index in [-0.39, 0.29) is 6.04 Å². The number of anilines is 1. The molecule has 0 aromatic heterocycles. The smallest absolute Gasteiger partial charge is 0.0499 e. The van der Waals surface area contributed by atoms with E-state index >= 15 is 0 Å². The predicted octanol–water partition coefficient (Wildman–Crippen LogP) is 2.68. The summed E-state index contributed by atoms with van der Waals surface area (Å²) in [5, 5.41) is 6.25. The normalized spacial score (nSPS) is 24.8. The van der Waals surface area contributed by atoms with Crippen LogP contribution in [-0.4, -0.2) is 12.1 Å². The van der Waals surface area contributed by atoms with Crippen LogP contribution in [0.5, 0.6) is 0 Å². The van der Waals surface area contributed by atoms with Crippen LogP contribution in [0.1, 0.15) is 25.7 Å². The van der Waals surface area contributed by atoms with Gasteiger partial charge in [-0.3, -0.25) is 5.43 Å². The van der Waals surface area contributed by atoms with Crippen molar-refractivity contribution < 1.29 is 0 Å². The van der Waals surface area contributed by atoms with Crippen LogP contribution in [0, 0.1) is 4.91 Å². The SMILES string of the molecule is O=NNC1CCC(Nc2ccccc2)CC1. The van der Waals surface area contributed by atoms with Gasteiger partial charge in [0.2, 0.25) is 0 Å².